The van der Waals surface area contributed by atoms with Gasteiger partial charge in [0, 0.05) is 18.7 Å². The zero-order valence-electron chi connectivity index (χ0n) is 10.7. The highest BCUT2D eigenvalue weighted by atomic mass is 16.5. The molecule has 7 nitrogen and oxygen atoms in total. The Hall–Kier alpha value is -2.05. The Bertz CT molecular complexity index is 327. The van der Waals surface area contributed by atoms with Crippen LogP contribution < -0.4 is 10.6 Å². The Balaban J connectivity index is 3.88. The van der Waals surface area contributed by atoms with E-state index in [0.29, 0.717) is 6.54 Å². The Labute approximate surface area is 106 Å². The Morgan fingerprint density at radius 1 is 1.22 bits per heavy atom. The Morgan fingerprint density at radius 2 is 1.83 bits per heavy atom. The molecule has 0 aromatic carbocycles. The van der Waals surface area contributed by atoms with Crippen molar-refractivity contribution < 1.29 is 23.9 Å². The highest BCUT2D eigenvalue weighted by Crippen LogP contribution is 1.88. The molecule has 0 saturated heterocycles. The molecular weight excluding hydrogens is 240 g/mol. The van der Waals surface area contributed by atoms with Crippen molar-refractivity contribution in [3.8, 4) is 0 Å². The van der Waals surface area contributed by atoms with Crippen molar-refractivity contribution in [3.05, 3.63) is 12.2 Å². The van der Waals surface area contributed by atoms with Crippen LogP contribution in [0.2, 0.25) is 0 Å². The maximum Gasteiger partial charge on any atom is 0.331 e. The molecular formula is C11H18N2O5. The molecule has 0 aliphatic carbocycles. The van der Waals surface area contributed by atoms with Crippen molar-refractivity contribution in [2.24, 2.45) is 0 Å². The highest BCUT2D eigenvalue weighted by Gasteiger charge is 2.08. The summed E-state index contributed by atoms with van der Waals surface area (Å²) in [5.74, 6) is -1.31. The van der Waals surface area contributed by atoms with Crippen molar-refractivity contribution in [2.75, 3.05) is 20.3 Å². The first kappa shape index (κ1) is 16.0. The molecule has 0 aromatic heterocycles. The van der Waals surface area contributed by atoms with Gasteiger partial charge in [-0.3, -0.25) is 0 Å². The van der Waals surface area contributed by atoms with Gasteiger partial charge in [0.2, 0.25) is 0 Å². The molecule has 0 aliphatic heterocycles. The number of amides is 2. The third kappa shape index (κ3) is 8.14. The number of nitrogens with one attached hydrogen (secondary N) is 2. The summed E-state index contributed by atoms with van der Waals surface area (Å²) in [4.78, 5) is 32.9. The average Bonchev–Trinajstić information content (AvgIpc) is 2.33. The lowest BCUT2D eigenvalue weighted by atomic mass is 10.4. The zero-order valence-corrected chi connectivity index (χ0v) is 10.7. The van der Waals surface area contributed by atoms with Gasteiger partial charge >= 0.3 is 18.0 Å². The number of esters is 2. The van der Waals surface area contributed by atoms with Crippen LogP contribution in [-0.4, -0.2) is 44.3 Å². The van der Waals surface area contributed by atoms with Crippen molar-refractivity contribution in [1.29, 1.82) is 0 Å². The number of ether oxygens (including phenoxy) is 2. The second-order valence-corrected chi connectivity index (χ2v) is 3.39. The number of methoxy groups -OCH3 is 1. The van der Waals surface area contributed by atoms with Gasteiger partial charge in [0.25, 0.3) is 0 Å². The molecule has 0 fully saturated rings. The summed E-state index contributed by atoms with van der Waals surface area (Å²) in [5, 5.41) is 5.12. The summed E-state index contributed by atoms with van der Waals surface area (Å²) in [5.41, 5.74) is 0. The number of hydrogen-bond donors (Lipinski definition) is 2. The van der Waals surface area contributed by atoms with E-state index in [1.807, 2.05) is 0 Å². The van der Waals surface area contributed by atoms with Crippen LogP contribution >= 0.6 is 0 Å². The summed E-state index contributed by atoms with van der Waals surface area (Å²) in [6.07, 6.45) is 1.93. The summed E-state index contributed by atoms with van der Waals surface area (Å²) < 4.78 is 9.11. The number of rotatable bonds is 6. The van der Waals surface area contributed by atoms with Crippen LogP contribution in [0.5, 0.6) is 0 Å². The Morgan fingerprint density at radius 3 is 2.39 bits per heavy atom. The standard InChI is InChI=1S/C11H18N2O5/c1-4-12-11(16)13-8(2)7-18-10(15)6-5-9(14)17-3/h5-6,8H,4,7H2,1-3H3,(H2,12,13,16)/b6-5+/t8-/m0/s1. The van der Waals surface area contributed by atoms with Crippen LogP contribution in [0.15, 0.2) is 12.2 Å². The molecule has 0 rings (SSSR count). The van der Waals surface area contributed by atoms with Crippen LogP contribution in [0.1, 0.15) is 13.8 Å². The van der Waals surface area contributed by atoms with Gasteiger partial charge < -0.3 is 20.1 Å². The minimum absolute atomic E-state index is 0.0154. The van der Waals surface area contributed by atoms with Crippen molar-refractivity contribution in [1.82, 2.24) is 10.6 Å². The molecule has 0 bridgehead atoms. The van der Waals surface area contributed by atoms with E-state index >= 15 is 0 Å². The first-order valence-electron chi connectivity index (χ1n) is 5.46. The third-order valence-corrected chi connectivity index (χ3v) is 1.75. The molecule has 7 heteroatoms. The van der Waals surface area contributed by atoms with E-state index in [-0.39, 0.29) is 18.7 Å². The summed E-state index contributed by atoms with van der Waals surface area (Å²) in [6, 6.07) is -0.654. The molecule has 2 amide bonds. The first-order valence-corrected chi connectivity index (χ1v) is 5.46. The Kier molecular flexibility index (Phi) is 8.00. The lowest BCUT2D eigenvalue weighted by molar-refractivity contribution is -0.139. The SMILES string of the molecule is CCNC(=O)N[C@@H](C)COC(=O)/C=C/C(=O)OC. The van der Waals surface area contributed by atoms with E-state index in [4.69, 9.17) is 4.74 Å². The van der Waals surface area contributed by atoms with Gasteiger partial charge in [-0.25, -0.2) is 14.4 Å². The smallest absolute Gasteiger partial charge is 0.331 e. The monoisotopic (exact) mass is 258 g/mol. The van der Waals surface area contributed by atoms with Crippen molar-refractivity contribution in [3.63, 3.8) is 0 Å². The van der Waals surface area contributed by atoms with Crippen LogP contribution in [0.25, 0.3) is 0 Å². The molecule has 18 heavy (non-hydrogen) atoms. The minimum atomic E-state index is -0.676. The molecule has 0 saturated carbocycles. The van der Waals surface area contributed by atoms with Gasteiger partial charge in [0.1, 0.15) is 6.61 Å². The van der Waals surface area contributed by atoms with Gasteiger partial charge in [-0.15, -0.1) is 0 Å². The van der Waals surface area contributed by atoms with Crippen LogP contribution in [0.3, 0.4) is 0 Å². The second-order valence-electron chi connectivity index (χ2n) is 3.39. The largest absolute Gasteiger partial charge is 0.466 e. The molecule has 1 atom stereocenters. The fraction of sp³-hybridized carbons (Fsp3) is 0.545. The summed E-state index contributed by atoms with van der Waals surface area (Å²) in [6.45, 7) is 4.01. The number of carbonyl (C=O) groups excluding carboxylic acids is 3. The average molecular weight is 258 g/mol. The van der Waals surface area contributed by atoms with Gasteiger partial charge in [0.05, 0.1) is 13.2 Å². The molecule has 0 radical (unpaired) electrons. The quantitative estimate of drug-likeness (QED) is 0.515. The van der Waals surface area contributed by atoms with Crippen LogP contribution in [0, 0.1) is 0 Å². The molecule has 102 valence electrons. The number of carbonyl (C=O) groups is 3. The summed E-state index contributed by atoms with van der Waals surface area (Å²) >= 11 is 0. The molecule has 2 N–H and O–H groups in total. The van der Waals surface area contributed by atoms with Gasteiger partial charge in [0.15, 0.2) is 0 Å². The predicted octanol–water partition coefficient (Wildman–Crippen LogP) is -0.0336. The second kappa shape index (κ2) is 9.03. The minimum Gasteiger partial charge on any atom is -0.466 e. The van der Waals surface area contributed by atoms with Crippen LogP contribution in [0.4, 0.5) is 4.79 Å². The maximum atomic E-state index is 11.1. The third-order valence-electron chi connectivity index (χ3n) is 1.75. The number of hydrogen-bond acceptors (Lipinski definition) is 5. The molecule has 0 spiro atoms. The maximum absolute atomic E-state index is 11.1. The normalized spacial score (nSPS) is 11.7. The van der Waals surface area contributed by atoms with Gasteiger partial charge in [-0.1, -0.05) is 0 Å². The topological polar surface area (TPSA) is 93.7 Å². The van der Waals surface area contributed by atoms with E-state index in [1.54, 1.807) is 13.8 Å². The predicted molar refractivity (Wildman–Crippen MR) is 63.8 cm³/mol. The van der Waals surface area contributed by atoms with E-state index in [9.17, 15) is 14.4 Å². The zero-order chi connectivity index (χ0) is 14.0. The molecule has 0 aromatic rings. The van der Waals surface area contributed by atoms with E-state index in [1.165, 1.54) is 7.11 Å². The highest BCUT2D eigenvalue weighted by molar-refractivity contribution is 5.91. The fourth-order valence-electron chi connectivity index (χ4n) is 0.936. The first-order chi connectivity index (χ1) is 8.49. The van der Waals surface area contributed by atoms with Crippen molar-refractivity contribution >= 4 is 18.0 Å². The van der Waals surface area contributed by atoms with E-state index in [0.717, 1.165) is 12.2 Å². The lowest BCUT2D eigenvalue weighted by Crippen LogP contribution is -2.42. The van der Waals surface area contributed by atoms with Crippen molar-refractivity contribution in [2.45, 2.75) is 19.9 Å². The summed E-state index contributed by atoms with van der Waals surface area (Å²) in [7, 11) is 1.20. The van der Waals surface area contributed by atoms with E-state index < -0.39 is 11.9 Å². The molecule has 0 aliphatic rings. The van der Waals surface area contributed by atoms with Crippen LogP contribution in [-0.2, 0) is 19.1 Å². The van der Waals surface area contributed by atoms with Gasteiger partial charge in [-0.2, -0.15) is 0 Å². The van der Waals surface area contributed by atoms with Gasteiger partial charge in [-0.05, 0) is 13.8 Å². The fourth-order valence-corrected chi connectivity index (χ4v) is 0.936. The molecule has 0 unspecified atom stereocenters. The van der Waals surface area contributed by atoms with E-state index in [2.05, 4.69) is 15.4 Å². The lowest BCUT2D eigenvalue weighted by Gasteiger charge is -2.13. The number of urea groups is 1. The molecule has 0 heterocycles.